The second-order valence-electron chi connectivity index (χ2n) is 5.72. The number of aryl methyl sites for hydroxylation is 1. The Balaban J connectivity index is 2.62. The van der Waals surface area contributed by atoms with Crippen molar-refractivity contribution < 1.29 is 0 Å². The van der Waals surface area contributed by atoms with Crippen molar-refractivity contribution in [3.8, 4) is 0 Å². The van der Waals surface area contributed by atoms with Gasteiger partial charge in [-0.25, -0.2) is 0 Å². The summed E-state index contributed by atoms with van der Waals surface area (Å²) in [5, 5.41) is 2.65. The second-order valence-corrected chi connectivity index (χ2v) is 6.16. The highest BCUT2D eigenvalue weighted by molar-refractivity contribution is 6.22. The fraction of sp³-hybridized carbons (Fsp3) is 0.412. The molecule has 0 spiro atoms. The van der Waals surface area contributed by atoms with Gasteiger partial charge in [-0.05, 0) is 40.7 Å². The summed E-state index contributed by atoms with van der Waals surface area (Å²) in [6.45, 7) is 8.82. The van der Waals surface area contributed by atoms with Crippen molar-refractivity contribution in [2.24, 2.45) is 5.41 Å². The molecule has 2 aromatic rings. The van der Waals surface area contributed by atoms with Crippen molar-refractivity contribution in [1.29, 1.82) is 0 Å². The molecule has 0 bridgehead atoms. The highest BCUT2D eigenvalue weighted by Crippen LogP contribution is 2.43. The maximum Gasteiger partial charge on any atom is 0.0642 e. The van der Waals surface area contributed by atoms with Crippen LogP contribution in [0.2, 0.25) is 0 Å². The first kappa shape index (κ1) is 13.4. The van der Waals surface area contributed by atoms with E-state index in [1.165, 1.54) is 21.9 Å². The van der Waals surface area contributed by atoms with Crippen molar-refractivity contribution in [2.45, 2.75) is 39.5 Å². The Morgan fingerprint density at radius 1 is 1.06 bits per heavy atom. The Morgan fingerprint density at radius 3 is 2.28 bits per heavy atom. The molecule has 0 aliphatic heterocycles. The predicted octanol–water partition coefficient (Wildman–Crippen LogP) is 5.86. The van der Waals surface area contributed by atoms with E-state index in [1.807, 2.05) is 0 Å². The van der Waals surface area contributed by atoms with E-state index in [2.05, 4.69) is 64.1 Å². The van der Waals surface area contributed by atoms with E-state index >= 15 is 0 Å². The molecular weight excluding hydrogens is 240 g/mol. The van der Waals surface area contributed by atoms with Crippen LogP contribution >= 0.6 is 11.6 Å². The molecular formula is C17H21Cl. The van der Waals surface area contributed by atoms with Crippen LogP contribution in [0.3, 0.4) is 0 Å². The topological polar surface area (TPSA) is 0 Å². The maximum absolute atomic E-state index is 6.73. The van der Waals surface area contributed by atoms with Crippen LogP contribution in [0, 0.1) is 12.3 Å². The molecule has 18 heavy (non-hydrogen) atoms. The third-order valence-corrected chi connectivity index (χ3v) is 4.87. The van der Waals surface area contributed by atoms with Crippen molar-refractivity contribution in [2.75, 3.05) is 0 Å². The molecule has 0 aliphatic rings. The van der Waals surface area contributed by atoms with Gasteiger partial charge in [-0.1, -0.05) is 57.2 Å². The highest BCUT2D eigenvalue weighted by atomic mass is 35.5. The number of rotatable bonds is 3. The Kier molecular flexibility index (Phi) is 3.68. The van der Waals surface area contributed by atoms with E-state index in [0.717, 1.165) is 6.42 Å². The second kappa shape index (κ2) is 4.93. The zero-order valence-corrected chi connectivity index (χ0v) is 12.4. The van der Waals surface area contributed by atoms with E-state index in [-0.39, 0.29) is 10.8 Å². The normalized spacial score (nSPS) is 13.8. The summed E-state index contributed by atoms with van der Waals surface area (Å²) >= 11 is 6.73. The summed E-state index contributed by atoms with van der Waals surface area (Å²) in [4.78, 5) is 0. The van der Waals surface area contributed by atoms with Gasteiger partial charge in [-0.2, -0.15) is 0 Å². The van der Waals surface area contributed by atoms with Crippen LogP contribution in [0.4, 0.5) is 0 Å². The number of fused-ring (bicyclic) bond motifs is 1. The van der Waals surface area contributed by atoms with Crippen LogP contribution in [0.25, 0.3) is 10.8 Å². The Bertz CT molecular complexity index is 555. The lowest BCUT2D eigenvalue weighted by Gasteiger charge is -2.30. The Hall–Kier alpha value is -1.01. The summed E-state index contributed by atoms with van der Waals surface area (Å²) in [7, 11) is 0. The molecule has 1 heteroatoms. The number of halogens is 1. The largest absolute Gasteiger partial charge is 0.117 e. The molecule has 1 atom stereocenters. The number of hydrogen-bond donors (Lipinski definition) is 0. The number of alkyl halides is 1. The summed E-state index contributed by atoms with van der Waals surface area (Å²) < 4.78 is 0. The molecule has 96 valence electrons. The fourth-order valence-corrected chi connectivity index (χ4v) is 2.64. The van der Waals surface area contributed by atoms with Gasteiger partial charge in [-0.15, -0.1) is 11.6 Å². The quantitative estimate of drug-likeness (QED) is 0.606. The third-order valence-electron chi connectivity index (χ3n) is 4.05. The number of benzene rings is 2. The van der Waals surface area contributed by atoms with E-state index in [1.54, 1.807) is 0 Å². The first-order valence-corrected chi connectivity index (χ1v) is 7.03. The van der Waals surface area contributed by atoms with E-state index in [0.29, 0.717) is 0 Å². The summed E-state index contributed by atoms with van der Waals surface area (Å²) in [6, 6.07) is 12.9. The van der Waals surface area contributed by atoms with Gasteiger partial charge in [0.05, 0.1) is 5.38 Å². The van der Waals surface area contributed by atoms with Crippen LogP contribution in [0.5, 0.6) is 0 Å². The van der Waals surface area contributed by atoms with E-state index < -0.39 is 0 Å². The minimum absolute atomic E-state index is 0.0491. The van der Waals surface area contributed by atoms with Gasteiger partial charge >= 0.3 is 0 Å². The van der Waals surface area contributed by atoms with Gasteiger partial charge in [0, 0.05) is 0 Å². The minimum atomic E-state index is 0.0491. The van der Waals surface area contributed by atoms with Crippen molar-refractivity contribution in [3.63, 3.8) is 0 Å². The van der Waals surface area contributed by atoms with Crippen LogP contribution < -0.4 is 0 Å². The standard InChI is InChI=1S/C17H21Cl/c1-5-17(3,4)16(18)15-11-10-12(2)13-8-6-7-9-14(13)15/h6-11,16H,5H2,1-4H3. The first-order chi connectivity index (χ1) is 8.47. The maximum atomic E-state index is 6.73. The molecule has 2 aromatic carbocycles. The summed E-state index contributed by atoms with van der Waals surface area (Å²) in [5.41, 5.74) is 2.68. The minimum Gasteiger partial charge on any atom is -0.117 e. The molecule has 0 aliphatic carbocycles. The molecule has 0 N–H and O–H groups in total. The van der Waals surface area contributed by atoms with Crippen LogP contribution in [-0.4, -0.2) is 0 Å². The van der Waals surface area contributed by atoms with Crippen molar-refractivity contribution in [1.82, 2.24) is 0 Å². The van der Waals surface area contributed by atoms with Gasteiger partial charge in [0.15, 0.2) is 0 Å². The molecule has 0 amide bonds. The van der Waals surface area contributed by atoms with E-state index in [9.17, 15) is 0 Å². The van der Waals surface area contributed by atoms with Gasteiger partial charge in [0.1, 0.15) is 0 Å². The molecule has 0 aromatic heterocycles. The highest BCUT2D eigenvalue weighted by Gasteiger charge is 2.28. The Morgan fingerprint density at radius 2 is 1.67 bits per heavy atom. The van der Waals surface area contributed by atoms with Gasteiger partial charge in [0.2, 0.25) is 0 Å². The average molecular weight is 261 g/mol. The Labute approximate surface area is 115 Å². The van der Waals surface area contributed by atoms with Crippen LogP contribution in [-0.2, 0) is 0 Å². The molecule has 0 nitrogen and oxygen atoms in total. The molecule has 1 unspecified atom stereocenters. The van der Waals surface area contributed by atoms with Gasteiger partial charge in [-0.3, -0.25) is 0 Å². The average Bonchev–Trinajstić information content (AvgIpc) is 2.39. The van der Waals surface area contributed by atoms with Gasteiger partial charge in [0.25, 0.3) is 0 Å². The first-order valence-electron chi connectivity index (χ1n) is 6.59. The van der Waals surface area contributed by atoms with Crippen molar-refractivity contribution >= 4 is 22.4 Å². The molecule has 2 rings (SSSR count). The lowest BCUT2D eigenvalue weighted by Crippen LogP contribution is -2.17. The zero-order valence-electron chi connectivity index (χ0n) is 11.6. The molecule has 0 heterocycles. The predicted molar refractivity (Wildman–Crippen MR) is 81.4 cm³/mol. The zero-order chi connectivity index (χ0) is 13.3. The smallest absolute Gasteiger partial charge is 0.0642 e. The van der Waals surface area contributed by atoms with Crippen molar-refractivity contribution in [3.05, 3.63) is 47.5 Å². The summed E-state index contributed by atoms with van der Waals surface area (Å²) in [5.74, 6) is 0. The van der Waals surface area contributed by atoms with E-state index in [4.69, 9.17) is 11.6 Å². The van der Waals surface area contributed by atoms with Crippen LogP contribution in [0.1, 0.15) is 43.7 Å². The monoisotopic (exact) mass is 260 g/mol. The third kappa shape index (κ3) is 2.27. The number of hydrogen-bond acceptors (Lipinski definition) is 0. The fourth-order valence-electron chi connectivity index (χ4n) is 2.29. The molecule has 0 radical (unpaired) electrons. The molecule has 0 saturated heterocycles. The molecule has 0 fully saturated rings. The summed E-state index contributed by atoms with van der Waals surface area (Å²) in [6.07, 6.45) is 1.07. The SMILES string of the molecule is CCC(C)(C)C(Cl)c1ccc(C)c2ccccc12. The van der Waals surface area contributed by atoms with Crippen LogP contribution in [0.15, 0.2) is 36.4 Å². The lowest BCUT2D eigenvalue weighted by atomic mass is 9.81. The van der Waals surface area contributed by atoms with Gasteiger partial charge < -0.3 is 0 Å². The lowest BCUT2D eigenvalue weighted by molar-refractivity contribution is 0.337. The molecule has 0 saturated carbocycles.